The number of furan rings is 1. The number of aromatic nitrogens is 1. The third-order valence-corrected chi connectivity index (χ3v) is 3.79. The molecule has 2 aromatic rings. The van der Waals surface area contributed by atoms with Gasteiger partial charge in [-0.05, 0) is 32.0 Å². The van der Waals surface area contributed by atoms with Gasteiger partial charge >= 0.3 is 0 Å². The Morgan fingerprint density at radius 3 is 2.95 bits per heavy atom. The van der Waals surface area contributed by atoms with Crippen molar-refractivity contribution in [2.75, 3.05) is 18.5 Å². The third kappa shape index (κ3) is 4.08. The smallest absolute Gasteiger partial charge is 0.185 e. The molecule has 0 fully saturated rings. The summed E-state index contributed by atoms with van der Waals surface area (Å²) in [5, 5.41) is 6.51. The van der Waals surface area contributed by atoms with E-state index in [1.54, 1.807) is 11.3 Å². The van der Waals surface area contributed by atoms with Crippen LogP contribution in [0.2, 0.25) is 0 Å². The van der Waals surface area contributed by atoms with Crippen molar-refractivity contribution in [1.29, 1.82) is 0 Å². The predicted octanol–water partition coefficient (Wildman–Crippen LogP) is 3.18. The van der Waals surface area contributed by atoms with Gasteiger partial charge in [0.15, 0.2) is 5.13 Å². The van der Waals surface area contributed by atoms with Crippen molar-refractivity contribution in [3.05, 3.63) is 34.7 Å². The zero-order valence-corrected chi connectivity index (χ0v) is 12.6. The molecule has 0 amide bonds. The van der Waals surface area contributed by atoms with Crippen LogP contribution in [0.5, 0.6) is 0 Å². The Labute approximate surface area is 118 Å². The summed E-state index contributed by atoms with van der Waals surface area (Å²) >= 11 is 1.67. The number of thiazole rings is 1. The summed E-state index contributed by atoms with van der Waals surface area (Å²) in [7, 11) is 2.04. The van der Waals surface area contributed by atoms with Gasteiger partial charge in [-0.25, -0.2) is 4.98 Å². The molecule has 1 N–H and O–H groups in total. The summed E-state index contributed by atoms with van der Waals surface area (Å²) in [5.41, 5.74) is 1.11. The second kappa shape index (κ2) is 6.73. The van der Waals surface area contributed by atoms with Gasteiger partial charge in [-0.2, -0.15) is 0 Å². The van der Waals surface area contributed by atoms with Crippen LogP contribution in [-0.4, -0.2) is 18.6 Å². The van der Waals surface area contributed by atoms with Crippen molar-refractivity contribution < 1.29 is 4.42 Å². The first-order chi connectivity index (χ1) is 9.19. The number of nitrogens with zero attached hydrogens (tertiary/aromatic N) is 2. The first kappa shape index (κ1) is 14.1. The first-order valence-electron chi connectivity index (χ1n) is 6.60. The quantitative estimate of drug-likeness (QED) is 0.790. The number of nitrogens with one attached hydrogen (secondary N) is 1. The molecule has 4 nitrogen and oxygen atoms in total. The fraction of sp³-hybridized carbons (Fsp3) is 0.500. The molecule has 0 aromatic carbocycles. The van der Waals surface area contributed by atoms with Gasteiger partial charge in [0.2, 0.25) is 0 Å². The third-order valence-electron chi connectivity index (χ3n) is 2.79. The summed E-state index contributed by atoms with van der Waals surface area (Å²) in [6.45, 7) is 6.76. The van der Waals surface area contributed by atoms with Gasteiger partial charge in [0, 0.05) is 19.0 Å². The molecular weight excluding hydrogens is 258 g/mol. The van der Waals surface area contributed by atoms with E-state index in [2.05, 4.69) is 27.5 Å². The summed E-state index contributed by atoms with van der Waals surface area (Å²) in [4.78, 5) is 6.74. The molecule has 2 heterocycles. The van der Waals surface area contributed by atoms with Gasteiger partial charge < -0.3 is 14.6 Å². The fourth-order valence-corrected chi connectivity index (χ4v) is 2.61. The van der Waals surface area contributed by atoms with E-state index in [1.807, 2.05) is 26.1 Å². The largest absolute Gasteiger partial charge is 0.464 e. The average Bonchev–Trinajstić information content (AvgIpc) is 2.99. The number of hydrogen-bond acceptors (Lipinski definition) is 5. The van der Waals surface area contributed by atoms with E-state index in [1.165, 1.54) is 0 Å². The Hall–Kier alpha value is -1.33. The lowest BCUT2D eigenvalue weighted by atomic mass is 10.4. The Kier molecular flexibility index (Phi) is 4.99. The van der Waals surface area contributed by atoms with Gasteiger partial charge in [0.25, 0.3) is 0 Å². The standard InChI is InChI=1S/C14H21N3OS/c1-4-7-15-8-12-10-19-14(16-12)17(3)9-13-6-5-11(2)18-13/h5-6,10,15H,4,7-9H2,1-3H3. The minimum atomic E-state index is 0.753. The molecule has 104 valence electrons. The normalized spacial score (nSPS) is 10.9. The number of aryl methyl sites for hydroxylation is 1. The molecule has 2 aromatic heterocycles. The summed E-state index contributed by atoms with van der Waals surface area (Å²) < 4.78 is 5.58. The van der Waals surface area contributed by atoms with Crippen molar-refractivity contribution in [3.8, 4) is 0 Å². The Morgan fingerprint density at radius 1 is 1.42 bits per heavy atom. The Balaban J connectivity index is 1.90. The molecule has 19 heavy (non-hydrogen) atoms. The maximum atomic E-state index is 5.58. The van der Waals surface area contributed by atoms with Gasteiger partial charge in [-0.15, -0.1) is 11.3 Å². The number of rotatable bonds is 7. The highest BCUT2D eigenvalue weighted by Gasteiger charge is 2.09. The Bertz CT molecular complexity index is 506. The molecule has 0 bridgehead atoms. The zero-order valence-electron chi connectivity index (χ0n) is 11.8. The van der Waals surface area contributed by atoms with Crippen LogP contribution in [-0.2, 0) is 13.1 Å². The van der Waals surface area contributed by atoms with E-state index in [0.717, 1.165) is 48.4 Å². The van der Waals surface area contributed by atoms with E-state index < -0.39 is 0 Å². The van der Waals surface area contributed by atoms with Crippen LogP contribution in [0.4, 0.5) is 5.13 Å². The molecule has 0 spiro atoms. The van der Waals surface area contributed by atoms with Crippen molar-refractivity contribution in [2.24, 2.45) is 0 Å². The Morgan fingerprint density at radius 2 is 2.26 bits per heavy atom. The predicted molar refractivity (Wildman–Crippen MR) is 79.7 cm³/mol. The zero-order chi connectivity index (χ0) is 13.7. The van der Waals surface area contributed by atoms with Crippen molar-refractivity contribution in [2.45, 2.75) is 33.4 Å². The number of hydrogen-bond donors (Lipinski definition) is 1. The first-order valence-corrected chi connectivity index (χ1v) is 7.48. The molecule has 0 atom stereocenters. The minimum absolute atomic E-state index is 0.753. The van der Waals surface area contributed by atoms with Gasteiger partial charge in [0.1, 0.15) is 11.5 Å². The van der Waals surface area contributed by atoms with Gasteiger partial charge in [0.05, 0.1) is 12.2 Å². The van der Waals surface area contributed by atoms with Gasteiger partial charge in [-0.3, -0.25) is 0 Å². The van der Waals surface area contributed by atoms with Crippen LogP contribution in [0, 0.1) is 6.92 Å². The molecule has 0 unspecified atom stereocenters. The van der Waals surface area contributed by atoms with Crippen LogP contribution < -0.4 is 10.2 Å². The van der Waals surface area contributed by atoms with Crippen LogP contribution in [0.25, 0.3) is 0 Å². The van der Waals surface area contributed by atoms with E-state index in [9.17, 15) is 0 Å². The molecule has 0 aliphatic heterocycles. The van der Waals surface area contributed by atoms with Crippen molar-refractivity contribution in [3.63, 3.8) is 0 Å². The summed E-state index contributed by atoms with van der Waals surface area (Å²) in [6, 6.07) is 4.01. The van der Waals surface area contributed by atoms with Crippen LogP contribution in [0.15, 0.2) is 21.9 Å². The average molecular weight is 279 g/mol. The summed E-state index contributed by atoms with van der Waals surface area (Å²) in [5.74, 6) is 1.92. The lowest BCUT2D eigenvalue weighted by molar-refractivity contribution is 0.481. The molecule has 0 aliphatic carbocycles. The SMILES string of the molecule is CCCNCc1csc(N(C)Cc2ccc(C)o2)n1. The molecular formula is C14H21N3OS. The molecule has 0 aliphatic rings. The second-order valence-electron chi connectivity index (χ2n) is 4.67. The van der Waals surface area contributed by atoms with Crippen molar-refractivity contribution >= 4 is 16.5 Å². The van der Waals surface area contributed by atoms with E-state index in [0.29, 0.717) is 0 Å². The molecule has 5 heteroatoms. The lowest BCUT2D eigenvalue weighted by Gasteiger charge is -2.13. The van der Waals surface area contributed by atoms with E-state index >= 15 is 0 Å². The van der Waals surface area contributed by atoms with E-state index in [4.69, 9.17) is 4.42 Å². The minimum Gasteiger partial charge on any atom is -0.464 e. The molecule has 2 rings (SSSR count). The van der Waals surface area contributed by atoms with Crippen LogP contribution in [0.1, 0.15) is 30.6 Å². The molecule has 0 saturated heterocycles. The van der Waals surface area contributed by atoms with Crippen LogP contribution in [0.3, 0.4) is 0 Å². The van der Waals surface area contributed by atoms with Gasteiger partial charge in [-0.1, -0.05) is 6.92 Å². The lowest BCUT2D eigenvalue weighted by Crippen LogP contribution is -2.17. The fourth-order valence-electron chi connectivity index (χ4n) is 1.82. The topological polar surface area (TPSA) is 41.3 Å². The van der Waals surface area contributed by atoms with Crippen LogP contribution >= 0.6 is 11.3 Å². The highest BCUT2D eigenvalue weighted by molar-refractivity contribution is 7.13. The molecule has 0 radical (unpaired) electrons. The second-order valence-corrected chi connectivity index (χ2v) is 5.50. The van der Waals surface area contributed by atoms with E-state index in [-0.39, 0.29) is 0 Å². The molecule has 0 saturated carbocycles. The number of anilines is 1. The highest BCUT2D eigenvalue weighted by Crippen LogP contribution is 2.21. The monoisotopic (exact) mass is 279 g/mol. The summed E-state index contributed by atoms with van der Waals surface area (Å²) in [6.07, 6.45) is 1.15. The van der Waals surface area contributed by atoms with Crippen molar-refractivity contribution in [1.82, 2.24) is 10.3 Å². The maximum absolute atomic E-state index is 5.58. The highest BCUT2D eigenvalue weighted by atomic mass is 32.1. The maximum Gasteiger partial charge on any atom is 0.185 e.